The summed E-state index contributed by atoms with van der Waals surface area (Å²) in [5, 5.41) is 13.1. The molecule has 8 heteroatoms. The molecule has 66 heavy (non-hydrogen) atoms. The molecule has 12 aromatic rings. The molecule has 6 nitrogen and oxygen atoms in total. The Bertz CT molecular complexity index is 3480. The highest BCUT2D eigenvalue weighted by Crippen LogP contribution is 2.48. The van der Waals surface area contributed by atoms with Crippen molar-refractivity contribution in [2.75, 3.05) is 0 Å². The number of rotatable bonds is 6. The first-order valence-electron chi connectivity index (χ1n) is 22.6. The maximum absolute atomic E-state index is 6.67. The summed E-state index contributed by atoms with van der Waals surface area (Å²) in [6, 6.07) is 67.5. The molecular formula is C58H42O6P2. The van der Waals surface area contributed by atoms with Gasteiger partial charge in [-0.25, -0.2) is 0 Å². The fourth-order valence-corrected chi connectivity index (χ4v) is 12.6. The van der Waals surface area contributed by atoms with Gasteiger partial charge in [0.25, 0.3) is 0 Å². The van der Waals surface area contributed by atoms with Crippen LogP contribution in [0, 0.1) is 0 Å². The Labute approximate surface area is 381 Å². The van der Waals surface area contributed by atoms with E-state index in [9.17, 15) is 0 Å². The summed E-state index contributed by atoms with van der Waals surface area (Å²) >= 11 is 0. The zero-order valence-electron chi connectivity index (χ0n) is 35.9. The maximum Gasteiger partial charge on any atom is 0.453 e. The Balaban J connectivity index is 0.845. The van der Waals surface area contributed by atoms with Gasteiger partial charge in [-0.05, 0) is 116 Å². The van der Waals surface area contributed by atoms with Gasteiger partial charge in [0.2, 0.25) is 0 Å². The monoisotopic (exact) mass is 896 g/mol. The minimum atomic E-state index is -1.83. The van der Waals surface area contributed by atoms with Crippen LogP contribution in [-0.2, 0) is 5.41 Å². The second-order valence-corrected chi connectivity index (χ2v) is 19.3. The Morgan fingerprint density at radius 3 is 0.939 bits per heavy atom. The van der Waals surface area contributed by atoms with Crippen molar-refractivity contribution < 1.29 is 25.8 Å². The Morgan fingerprint density at radius 1 is 0.318 bits per heavy atom. The van der Waals surface area contributed by atoms with Crippen LogP contribution in [0.3, 0.4) is 0 Å². The smallest absolute Gasteiger partial charge is 0.391 e. The van der Waals surface area contributed by atoms with Crippen molar-refractivity contribution in [1.82, 2.24) is 0 Å². The van der Waals surface area contributed by atoms with Crippen molar-refractivity contribution in [2.24, 2.45) is 0 Å². The third-order valence-corrected chi connectivity index (χ3v) is 15.7. The van der Waals surface area contributed by atoms with E-state index in [1.807, 2.05) is 24.3 Å². The lowest BCUT2D eigenvalue weighted by atomic mass is 9.65. The highest BCUT2D eigenvalue weighted by atomic mass is 31.1. The van der Waals surface area contributed by atoms with E-state index >= 15 is 0 Å². The SMILES string of the molecule is c1ccc2c(c1)ccc1op(Oc3ccc(C4(c5ccc(Op6oc7ccc8ccccc8c7c7c(ccc8ccccc87)o6)cc5)CCCCC4)cc3)oc3ccc4ccccc4c3c12. The largest absolute Gasteiger partial charge is 0.453 e. The van der Waals surface area contributed by atoms with Crippen LogP contribution in [-0.4, -0.2) is 0 Å². The zero-order valence-corrected chi connectivity index (χ0v) is 37.6. The third kappa shape index (κ3) is 6.63. The molecule has 0 spiro atoms. The lowest BCUT2D eigenvalue weighted by Gasteiger charge is -2.38. The van der Waals surface area contributed by atoms with Crippen molar-refractivity contribution in [2.45, 2.75) is 37.5 Å². The molecule has 2 aromatic heterocycles. The fraction of sp³-hybridized carbons (Fsp3) is 0.103. The van der Waals surface area contributed by atoms with Gasteiger partial charge in [0.1, 0.15) is 33.8 Å². The molecule has 0 saturated heterocycles. The van der Waals surface area contributed by atoms with E-state index in [2.05, 4.69) is 170 Å². The molecular weight excluding hydrogens is 855 g/mol. The van der Waals surface area contributed by atoms with Crippen LogP contribution in [0.5, 0.6) is 11.5 Å². The number of hydrogen-bond donors (Lipinski definition) is 0. The van der Waals surface area contributed by atoms with Gasteiger partial charge >= 0.3 is 16.5 Å². The van der Waals surface area contributed by atoms with Crippen molar-refractivity contribution in [3.8, 4) is 11.5 Å². The second-order valence-electron chi connectivity index (χ2n) is 17.3. The van der Waals surface area contributed by atoms with E-state index in [4.69, 9.17) is 25.8 Å². The number of fused-ring (bicyclic) bond motifs is 14. The number of benzene rings is 10. The minimum Gasteiger partial charge on any atom is -0.391 e. The van der Waals surface area contributed by atoms with E-state index in [1.165, 1.54) is 17.5 Å². The molecule has 1 fully saturated rings. The number of hydrogen-bond acceptors (Lipinski definition) is 6. The van der Waals surface area contributed by atoms with Gasteiger partial charge in [0, 0.05) is 27.0 Å². The van der Waals surface area contributed by atoms with Gasteiger partial charge in [-0.3, -0.25) is 0 Å². The van der Waals surface area contributed by atoms with Crippen LogP contribution in [0.15, 0.2) is 211 Å². The van der Waals surface area contributed by atoms with Gasteiger partial charge in [-0.15, -0.1) is 0 Å². The van der Waals surface area contributed by atoms with Crippen LogP contribution in [0.4, 0.5) is 0 Å². The average molecular weight is 897 g/mol. The molecule has 1 aliphatic rings. The molecule has 1 aliphatic carbocycles. The molecule has 0 amide bonds. The summed E-state index contributed by atoms with van der Waals surface area (Å²) in [6.07, 6.45) is 5.64. The molecule has 0 atom stereocenters. The van der Waals surface area contributed by atoms with E-state index in [0.29, 0.717) is 11.5 Å². The average Bonchev–Trinajstić information content (AvgIpc) is 3.65. The standard InChI is InChI=1S/C58H42O6P2/c1-10-36-58(37-11-1,42-24-28-44(29-25-42)59-65-61-50-32-20-38-12-2-6-16-46(38)54(50)55-47-17-7-3-13-39(47)21-33-51(55)62-65)43-26-30-45(31-27-43)60-66-63-52-34-22-40-14-4-8-18-48(40)56(52)57-49-19-9-5-15-41(49)23-35-53(57)64-66/h2-9,12-35H,1,10-11,36-37H2. The van der Waals surface area contributed by atoms with Gasteiger partial charge in [-0.2, -0.15) is 0 Å². The fourth-order valence-electron chi connectivity index (χ4n) is 10.5. The van der Waals surface area contributed by atoms with Crippen LogP contribution in [0.1, 0.15) is 43.2 Å². The molecule has 2 heterocycles. The van der Waals surface area contributed by atoms with Crippen LogP contribution < -0.4 is 9.05 Å². The summed E-state index contributed by atoms with van der Waals surface area (Å²) < 4.78 is 39.9. The zero-order chi connectivity index (χ0) is 43.6. The van der Waals surface area contributed by atoms with Crippen molar-refractivity contribution >= 4 is 103 Å². The maximum atomic E-state index is 6.67. The molecule has 320 valence electrons. The molecule has 0 N–H and O–H groups in total. The van der Waals surface area contributed by atoms with E-state index in [0.717, 1.165) is 113 Å². The van der Waals surface area contributed by atoms with E-state index in [1.54, 1.807) is 0 Å². The van der Waals surface area contributed by atoms with Gasteiger partial charge < -0.3 is 25.8 Å². The van der Waals surface area contributed by atoms with Crippen LogP contribution in [0.2, 0.25) is 0 Å². The summed E-state index contributed by atoms with van der Waals surface area (Å²) in [6.45, 7) is 0. The first-order valence-corrected chi connectivity index (χ1v) is 24.8. The lowest BCUT2D eigenvalue weighted by molar-refractivity contribution is 0.345. The van der Waals surface area contributed by atoms with Gasteiger partial charge in [0.15, 0.2) is 0 Å². The predicted molar refractivity (Wildman–Crippen MR) is 271 cm³/mol. The van der Waals surface area contributed by atoms with E-state index < -0.39 is 16.5 Å². The van der Waals surface area contributed by atoms with Crippen molar-refractivity contribution in [3.05, 3.63) is 205 Å². The topological polar surface area (TPSA) is 71.0 Å². The van der Waals surface area contributed by atoms with Crippen LogP contribution >= 0.6 is 16.5 Å². The molecule has 0 radical (unpaired) electrons. The van der Waals surface area contributed by atoms with Gasteiger partial charge in [-0.1, -0.05) is 165 Å². The summed E-state index contributed by atoms with van der Waals surface area (Å²) in [4.78, 5) is 0. The summed E-state index contributed by atoms with van der Waals surface area (Å²) in [5.74, 6) is 1.39. The minimum absolute atomic E-state index is 0.156. The lowest BCUT2D eigenvalue weighted by Crippen LogP contribution is -2.30. The molecule has 10 aromatic carbocycles. The van der Waals surface area contributed by atoms with Crippen molar-refractivity contribution in [1.29, 1.82) is 0 Å². The first-order chi connectivity index (χ1) is 32.6. The molecule has 1 saturated carbocycles. The third-order valence-electron chi connectivity index (χ3n) is 13.6. The molecule has 0 unspecified atom stereocenters. The summed E-state index contributed by atoms with van der Waals surface area (Å²) in [5.41, 5.74) is 5.35. The first kappa shape index (κ1) is 39.0. The summed E-state index contributed by atoms with van der Waals surface area (Å²) in [7, 11) is -3.66. The molecule has 13 rings (SSSR count). The normalized spacial score (nSPS) is 13.9. The Kier molecular flexibility index (Phi) is 9.44. The molecule has 0 bridgehead atoms. The Hall–Kier alpha value is -7.36. The predicted octanol–water partition coefficient (Wildman–Crippen LogP) is 18.4. The highest BCUT2D eigenvalue weighted by Gasteiger charge is 2.36. The van der Waals surface area contributed by atoms with E-state index in [-0.39, 0.29) is 5.41 Å². The highest BCUT2D eigenvalue weighted by molar-refractivity contribution is 7.32. The Morgan fingerprint density at radius 2 is 0.621 bits per heavy atom. The van der Waals surface area contributed by atoms with Crippen LogP contribution in [0.25, 0.3) is 87.0 Å². The quantitative estimate of drug-likeness (QED) is 0.166. The molecule has 0 aliphatic heterocycles. The second kappa shape index (κ2) is 16.0. The van der Waals surface area contributed by atoms with Crippen molar-refractivity contribution in [3.63, 3.8) is 0 Å². The van der Waals surface area contributed by atoms with Gasteiger partial charge in [0.05, 0.1) is 0 Å².